The number of rotatable bonds is 4. The van der Waals surface area contributed by atoms with E-state index in [9.17, 15) is 10.1 Å². The van der Waals surface area contributed by atoms with Gasteiger partial charge in [0.15, 0.2) is 5.78 Å². The second-order valence-corrected chi connectivity index (χ2v) is 6.47. The van der Waals surface area contributed by atoms with Crippen LogP contribution in [-0.4, -0.2) is 10.8 Å². The van der Waals surface area contributed by atoms with E-state index in [1.807, 2.05) is 6.07 Å². The summed E-state index contributed by atoms with van der Waals surface area (Å²) in [6.07, 6.45) is 0. The van der Waals surface area contributed by atoms with Gasteiger partial charge in [0.25, 0.3) is 0 Å². The lowest BCUT2D eigenvalue weighted by atomic mass is 10.1. The number of hydrogen-bond acceptors (Lipinski definition) is 4. The lowest BCUT2D eigenvalue weighted by Crippen LogP contribution is -2.02. The molecule has 0 radical (unpaired) electrons. The molecule has 0 spiro atoms. The van der Waals surface area contributed by atoms with Crippen LogP contribution in [0.15, 0.2) is 29.3 Å². The first kappa shape index (κ1) is 16.8. The summed E-state index contributed by atoms with van der Waals surface area (Å²) in [6, 6.07) is 8.98. The van der Waals surface area contributed by atoms with Crippen LogP contribution < -0.4 is 0 Å². The number of thioether (sulfide) groups is 1. The Bertz CT molecular complexity index is 784. The van der Waals surface area contributed by atoms with E-state index < -0.39 is 0 Å². The largest absolute Gasteiger partial charge is 0.294 e. The number of nitrogens with zero attached hydrogens (tertiary/aromatic N) is 2. The summed E-state index contributed by atoms with van der Waals surface area (Å²) in [5, 5.41) is 11.0. The molecule has 0 saturated carbocycles. The van der Waals surface area contributed by atoms with Crippen LogP contribution >= 0.6 is 35.0 Å². The van der Waals surface area contributed by atoms with Crippen LogP contribution in [0.2, 0.25) is 10.0 Å². The first-order valence-corrected chi connectivity index (χ1v) is 8.16. The lowest BCUT2D eigenvalue weighted by Gasteiger charge is -2.09. The highest BCUT2D eigenvalue weighted by Crippen LogP contribution is 2.30. The van der Waals surface area contributed by atoms with E-state index in [2.05, 4.69) is 11.1 Å². The van der Waals surface area contributed by atoms with Crippen LogP contribution in [0, 0.1) is 18.3 Å². The van der Waals surface area contributed by atoms with Gasteiger partial charge >= 0.3 is 0 Å². The van der Waals surface area contributed by atoms with E-state index in [4.69, 9.17) is 23.2 Å². The molecule has 2 rings (SSSR count). The molecule has 22 heavy (non-hydrogen) atoms. The van der Waals surface area contributed by atoms with Gasteiger partial charge in [-0.25, -0.2) is 4.98 Å². The third-order valence-corrected chi connectivity index (χ3v) is 4.68. The highest BCUT2D eigenvalue weighted by Gasteiger charge is 2.13. The third-order valence-electron chi connectivity index (χ3n) is 3.06. The molecule has 0 bridgehead atoms. The fourth-order valence-corrected chi connectivity index (χ4v) is 3.47. The number of ketones is 1. The molecule has 0 saturated heterocycles. The second-order valence-electron chi connectivity index (χ2n) is 4.67. The van der Waals surface area contributed by atoms with E-state index in [1.165, 1.54) is 18.7 Å². The predicted octanol–water partition coefficient (Wildman–Crippen LogP) is 5.06. The van der Waals surface area contributed by atoms with E-state index in [0.29, 0.717) is 37.6 Å². The van der Waals surface area contributed by atoms with Crippen molar-refractivity contribution in [1.82, 2.24) is 4.98 Å². The molecule has 0 aliphatic rings. The van der Waals surface area contributed by atoms with Crippen molar-refractivity contribution in [2.45, 2.75) is 24.6 Å². The Balaban J connectivity index is 2.28. The molecule has 0 fully saturated rings. The van der Waals surface area contributed by atoms with Gasteiger partial charge in [0.05, 0.1) is 5.56 Å². The Morgan fingerprint density at radius 1 is 1.36 bits per heavy atom. The van der Waals surface area contributed by atoms with Crippen molar-refractivity contribution >= 4 is 40.7 Å². The number of Topliss-reactive ketones (excluding diaryl/α,β-unsaturated/α-hetero) is 1. The first-order chi connectivity index (χ1) is 10.4. The number of pyridine rings is 1. The van der Waals surface area contributed by atoms with Gasteiger partial charge in [-0.2, -0.15) is 5.26 Å². The minimum atomic E-state index is -0.0983. The fraction of sp³-hybridized carbons (Fsp3) is 0.188. The molecule has 0 unspecified atom stereocenters. The van der Waals surface area contributed by atoms with Gasteiger partial charge in [0.2, 0.25) is 0 Å². The standard InChI is InChI=1S/C16H12Cl2N2OS/c1-9-14(10(2)21)5-12(7-19)16(20-9)22-8-11-3-4-13(17)6-15(11)18/h3-6H,8H2,1-2H3. The molecule has 1 aromatic heterocycles. The number of nitriles is 1. The molecule has 0 amide bonds. The van der Waals surface area contributed by atoms with Crippen LogP contribution in [0.4, 0.5) is 0 Å². The molecular formula is C16H12Cl2N2OS. The molecule has 0 atom stereocenters. The SMILES string of the molecule is CC(=O)c1cc(C#N)c(SCc2ccc(Cl)cc2Cl)nc1C. The van der Waals surface area contributed by atoms with E-state index in [0.717, 1.165) is 5.56 Å². The number of aryl methyl sites for hydroxylation is 1. The average Bonchev–Trinajstić information content (AvgIpc) is 2.46. The molecular weight excluding hydrogens is 339 g/mol. The molecule has 6 heteroatoms. The van der Waals surface area contributed by atoms with Crippen molar-refractivity contribution in [3.63, 3.8) is 0 Å². The summed E-state index contributed by atoms with van der Waals surface area (Å²) in [7, 11) is 0. The van der Waals surface area contributed by atoms with Crippen molar-refractivity contribution in [2.75, 3.05) is 0 Å². The molecule has 0 N–H and O–H groups in total. The topological polar surface area (TPSA) is 53.8 Å². The van der Waals surface area contributed by atoms with Crippen LogP contribution in [0.5, 0.6) is 0 Å². The Kier molecular flexibility index (Phi) is 5.47. The highest BCUT2D eigenvalue weighted by atomic mass is 35.5. The normalized spacial score (nSPS) is 10.3. The quantitative estimate of drug-likeness (QED) is 0.570. The Morgan fingerprint density at radius 2 is 2.09 bits per heavy atom. The molecule has 1 heterocycles. The maximum atomic E-state index is 11.5. The Labute approximate surface area is 143 Å². The monoisotopic (exact) mass is 350 g/mol. The van der Waals surface area contributed by atoms with E-state index in [1.54, 1.807) is 25.1 Å². The van der Waals surface area contributed by atoms with Crippen LogP contribution in [0.1, 0.15) is 34.1 Å². The fourth-order valence-electron chi connectivity index (χ4n) is 1.91. The molecule has 0 aliphatic heterocycles. The average molecular weight is 351 g/mol. The van der Waals surface area contributed by atoms with Crippen molar-refractivity contribution in [2.24, 2.45) is 0 Å². The van der Waals surface area contributed by atoms with Crippen LogP contribution in [0.3, 0.4) is 0 Å². The van der Waals surface area contributed by atoms with Gasteiger partial charge in [0.1, 0.15) is 11.1 Å². The van der Waals surface area contributed by atoms with Crippen LogP contribution in [0.25, 0.3) is 0 Å². The van der Waals surface area contributed by atoms with Crippen molar-refractivity contribution in [1.29, 1.82) is 5.26 Å². The van der Waals surface area contributed by atoms with E-state index in [-0.39, 0.29) is 5.78 Å². The number of hydrogen-bond donors (Lipinski definition) is 0. The van der Waals surface area contributed by atoms with Crippen LogP contribution in [-0.2, 0) is 5.75 Å². The van der Waals surface area contributed by atoms with Gasteiger partial charge in [-0.15, -0.1) is 11.8 Å². The lowest BCUT2D eigenvalue weighted by molar-refractivity contribution is 0.101. The summed E-state index contributed by atoms with van der Waals surface area (Å²) >= 11 is 13.4. The molecule has 0 aliphatic carbocycles. The molecule has 1 aromatic carbocycles. The summed E-state index contributed by atoms with van der Waals surface area (Å²) in [5.74, 6) is 0.468. The van der Waals surface area contributed by atoms with E-state index >= 15 is 0 Å². The predicted molar refractivity (Wildman–Crippen MR) is 89.7 cm³/mol. The third kappa shape index (κ3) is 3.80. The zero-order valence-electron chi connectivity index (χ0n) is 12.0. The summed E-state index contributed by atoms with van der Waals surface area (Å²) < 4.78 is 0. The Morgan fingerprint density at radius 3 is 2.68 bits per heavy atom. The molecule has 3 nitrogen and oxygen atoms in total. The summed E-state index contributed by atoms with van der Waals surface area (Å²) in [4.78, 5) is 15.9. The van der Waals surface area contributed by atoms with Gasteiger partial charge in [0, 0.05) is 27.1 Å². The van der Waals surface area contributed by atoms with Gasteiger partial charge in [-0.1, -0.05) is 29.3 Å². The summed E-state index contributed by atoms with van der Waals surface area (Å²) in [5.41, 5.74) is 2.41. The number of carbonyl (C=O) groups excluding carboxylic acids is 1. The number of carbonyl (C=O) groups is 1. The zero-order chi connectivity index (χ0) is 16.3. The molecule has 2 aromatic rings. The van der Waals surface area contributed by atoms with Gasteiger partial charge < -0.3 is 0 Å². The van der Waals surface area contributed by atoms with Gasteiger partial charge in [-0.3, -0.25) is 4.79 Å². The summed E-state index contributed by atoms with van der Waals surface area (Å²) in [6.45, 7) is 3.22. The van der Waals surface area contributed by atoms with Crippen molar-refractivity contribution in [3.8, 4) is 6.07 Å². The number of benzene rings is 1. The number of aromatic nitrogens is 1. The minimum Gasteiger partial charge on any atom is -0.294 e. The highest BCUT2D eigenvalue weighted by molar-refractivity contribution is 7.98. The molecule has 112 valence electrons. The maximum absolute atomic E-state index is 11.5. The Hall–Kier alpha value is -1.54. The zero-order valence-corrected chi connectivity index (χ0v) is 14.3. The number of halogens is 2. The first-order valence-electron chi connectivity index (χ1n) is 6.41. The van der Waals surface area contributed by atoms with Gasteiger partial charge in [-0.05, 0) is 37.6 Å². The van der Waals surface area contributed by atoms with Crippen molar-refractivity contribution < 1.29 is 4.79 Å². The smallest absolute Gasteiger partial charge is 0.161 e. The minimum absolute atomic E-state index is 0.0983. The van der Waals surface area contributed by atoms with Crippen molar-refractivity contribution in [3.05, 3.63) is 56.7 Å². The maximum Gasteiger partial charge on any atom is 0.161 e. The second kappa shape index (κ2) is 7.15.